The zero-order valence-electron chi connectivity index (χ0n) is 9.03. The summed E-state index contributed by atoms with van der Waals surface area (Å²) in [5.74, 6) is 0.127. The van der Waals surface area contributed by atoms with E-state index < -0.39 is 6.10 Å². The van der Waals surface area contributed by atoms with E-state index in [9.17, 15) is 5.11 Å². The van der Waals surface area contributed by atoms with Gasteiger partial charge in [-0.2, -0.15) is 0 Å². The lowest BCUT2D eigenvalue weighted by atomic mass is 9.97. The standard InChI is InChI=1S/C12H18O2/c1-9-5-4-6-11(7-9)12(13)10(2)8-14-3/h4-7,10,12-13H,8H2,1-3H3. The van der Waals surface area contributed by atoms with Crippen LogP contribution in [-0.2, 0) is 4.74 Å². The summed E-state index contributed by atoms with van der Waals surface area (Å²) in [6.45, 7) is 4.59. The first-order valence-corrected chi connectivity index (χ1v) is 4.88. The Labute approximate surface area is 85.5 Å². The summed E-state index contributed by atoms with van der Waals surface area (Å²) in [5, 5.41) is 9.96. The second-order valence-electron chi connectivity index (χ2n) is 3.79. The van der Waals surface area contributed by atoms with E-state index in [1.165, 1.54) is 5.56 Å². The molecule has 14 heavy (non-hydrogen) atoms. The molecule has 0 aliphatic heterocycles. The van der Waals surface area contributed by atoms with Crippen molar-refractivity contribution in [3.8, 4) is 0 Å². The maximum absolute atomic E-state index is 9.96. The number of hydrogen-bond donors (Lipinski definition) is 1. The highest BCUT2D eigenvalue weighted by molar-refractivity contribution is 5.24. The molecule has 2 heteroatoms. The van der Waals surface area contributed by atoms with E-state index in [0.717, 1.165) is 5.56 Å². The van der Waals surface area contributed by atoms with Crippen LogP contribution in [0.3, 0.4) is 0 Å². The molecule has 1 aromatic carbocycles. The minimum atomic E-state index is -0.435. The van der Waals surface area contributed by atoms with Crippen molar-refractivity contribution < 1.29 is 9.84 Å². The zero-order valence-corrected chi connectivity index (χ0v) is 9.03. The lowest BCUT2D eigenvalue weighted by Gasteiger charge is -2.18. The molecule has 0 aliphatic carbocycles. The smallest absolute Gasteiger partial charge is 0.0837 e. The van der Waals surface area contributed by atoms with Crippen LogP contribution in [0.2, 0.25) is 0 Å². The third-order valence-corrected chi connectivity index (χ3v) is 2.35. The average Bonchev–Trinajstić information content (AvgIpc) is 2.17. The third kappa shape index (κ3) is 2.82. The van der Waals surface area contributed by atoms with Crippen molar-refractivity contribution in [1.29, 1.82) is 0 Å². The fourth-order valence-corrected chi connectivity index (χ4v) is 1.54. The second-order valence-corrected chi connectivity index (χ2v) is 3.79. The predicted molar refractivity (Wildman–Crippen MR) is 57.2 cm³/mol. The van der Waals surface area contributed by atoms with Crippen molar-refractivity contribution in [2.75, 3.05) is 13.7 Å². The van der Waals surface area contributed by atoms with Gasteiger partial charge in [0.1, 0.15) is 0 Å². The van der Waals surface area contributed by atoms with Gasteiger partial charge in [-0.1, -0.05) is 36.8 Å². The molecule has 0 aliphatic rings. The molecule has 0 saturated carbocycles. The molecule has 1 N–H and O–H groups in total. The van der Waals surface area contributed by atoms with Gasteiger partial charge in [0.2, 0.25) is 0 Å². The summed E-state index contributed by atoms with van der Waals surface area (Å²) in [4.78, 5) is 0. The normalized spacial score (nSPS) is 15.1. The summed E-state index contributed by atoms with van der Waals surface area (Å²) in [5.41, 5.74) is 2.14. The molecule has 2 unspecified atom stereocenters. The Bertz CT molecular complexity index is 283. The monoisotopic (exact) mass is 194 g/mol. The molecule has 1 rings (SSSR count). The summed E-state index contributed by atoms with van der Waals surface area (Å²) in [6, 6.07) is 7.95. The number of hydrogen-bond acceptors (Lipinski definition) is 2. The third-order valence-electron chi connectivity index (χ3n) is 2.35. The minimum Gasteiger partial charge on any atom is -0.388 e. The van der Waals surface area contributed by atoms with E-state index in [4.69, 9.17) is 4.74 Å². The van der Waals surface area contributed by atoms with Crippen molar-refractivity contribution in [2.45, 2.75) is 20.0 Å². The molecule has 1 aromatic rings. The molecule has 0 amide bonds. The minimum absolute atomic E-state index is 0.127. The maximum Gasteiger partial charge on any atom is 0.0837 e. The Balaban J connectivity index is 2.73. The number of benzene rings is 1. The first-order valence-electron chi connectivity index (χ1n) is 4.88. The van der Waals surface area contributed by atoms with Gasteiger partial charge in [0.25, 0.3) is 0 Å². The van der Waals surface area contributed by atoms with E-state index in [1.807, 2.05) is 38.1 Å². The Morgan fingerprint density at radius 1 is 1.43 bits per heavy atom. The Kier molecular flexibility index (Phi) is 4.11. The van der Waals surface area contributed by atoms with E-state index in [2.05, 4.69) is 0 Å². The fourth-order valence-electron chi connectivity index (χ4n) is 1.54. The van der Waals surface area contributed by atoms with Gasteiger partial charge in [-0.15, -0.1) is 0 Å². The zero-order chi connectivity index (χ0) is 10.6. The molecule has 0 radical (unpaired) electrons. The van der Waals surface area contributed by atoms with Crippen LogP contribution in [-0.4, -0.2) is 18.8 Å². The maximum atomic E-state index is 9.96. The molecule has 0 fully saturated rings. The van der Waals surface area contributed by atoms with Crippen LogP contribution in [0, 0.1) is 12.8 Å². The molecule has 0 heterocycles. The van der Waals surface area contributed by atoms with Gasteiger partial charge in [-0.05, 0) is 12.5 Å². The van der Waals surface area contributed by atoms with Crippen molar-refractivity contribution in [2.24, 2.45) is 5.92 Å². The van der Waals surface area contributed by atoms with Gasteiger partial charge in [-0.25, -0.2) is 0 Å². The van der Waals surface area contributed by atoms with Crippen molar-refractivity contribution in [1.82, 2.24) is 0 Å². The van der Waals surface area contributed by atoms with Crippen LogP contribution in [0.4, 0.5) is 0 Å². The van der Waals surface area contributed by atoms with Gasteiger partial charge in [0, 0.05) is 13.0 Å². The SMILES string of the molecule is COCC(C)C(O)c1cccc(C)c1. The fraction of sp³-hybridized carbons (Fsp3) is 0.500. The highest BCUT2D eigenvalue weighted by atomic mass is 16.5. The number of ether oxygens (including phenoxy) is 1. The number of methoxy groups -OCH3 is 1. The molecule has 78 valence electrons. The average molecular weight is 194 g/mol. The van der Waals surface area contributed by atoms with Crippen LogP contribution in [0.15, 0.2) is 24.3 Å². The van der Waals surface area contributed by atoms with Crippen molar-refractivity contribution >= 4 is 0 Å². The molecular weight excluding hydrogens is 176 g/mol. The second kappa shape index (κ2) is 5.13. The Morgan fingerprint density at radius 2 is 2.14 bits per heavy atom. The molecule has 2 atom stereocenters. The first kappa shape index (κ1) is 11.2. The van der Waals surface area contributed by atoms with Gasteiger partial charge in [0.15, 0.2) is 0 Å². The number of rotatable bonds is 4. The van der Waals surface area contributed by atoms with Gasteiger partial charge in [0.05, 0.1) is 12.7 Å². The molecule has 2 nitrogen and oxygen atoms in total. The lowest BCUT2D eigenvalue weighted by molar-refractivity contribution is 0.0566. The largest absolute Gasteiger partial charge is 0.388 e. The Hall–Kier alpha value is -0.860. The van der Waals surface area contributed by atoms with Crippen LogP contribution in [0.1, 0.15) is 24.2 Å². The predicted octanol–water partition coefficient (Wildman–Crippen LogP) is 2.31. The quantitative estimate of drug-likeness (QED) is 0.797. The lowest BCUT2D eigenvalue weighted by Crippen LogP contribution is -2.14. The van der Waals surface area contributed by atoms with Crippen LogP contribution >= 0.6 is 0 Å². The van der Waals surface area contributed by atoms with Crippen LogP contribution in [0.5, 0.6) is 0 Å². The number of aliphatic hydroxyl groups is 1. The van der Waals surface area contributed by atoms with E-state index in [1.54, 1.807) is 7.11 Å². The summed E-state index contributed by atoms with van der Waals surface area (Å²) < 4.78 is 5.02. The summed E-state index contributed by atoms with van der Waals surface area (Å²) in [6.07, 6.45) is -0.435. The molecule has 0 spiro atoms. The van der Waals surface area contributed by atoms with Gasteiger partial charge >= 0.3 is 0 Å². The molecule has 0 saturated heterocycles. The van der Waals surface area contributed by atoms with Gasteiger partial charge < -0.3 is 9.84 Å². The van der Waals surface area contributed by atoms with Gasteiger partial charge in [-0.3, -0.25) is 0 Å². The molecule has 0 bridgehead atoms. The highest BCUT2D eigenvalue weighted by Gasteiger charge is 2.15. The molecule has 0 aromatic heterocycles. The van der Waals surface area contributed by atoms with E-state index >= 15 is 0 Å². The van der Waals surface area contributed by atoms with E-state index in [0.29, 0.717) is 6.61 Å². The topological polar surface area (TPSA) is 29.5 Å². The van der Waals surface area contributed by atoms with Crippen LogP contribution < -0.4 is 0 Å². The first-order chi connectivity index (χ1) is 6.65. The highest BCUT2D eigenvalue weighted by Crippen LogP contribution is 2.22. The molecular formula is C12H18O2. The summed E-state index contributed by atoms with van der Waals surface area (Å²) in [7, 11) is 1.65. The van der Waals surface area contributed by atoms with Crippen molar-refractivity contribution in [3.05, 3.63) is 35.4 Å². The number of aryl methyl sites for hydroxylation is 1. The Morgan fingerprint density at radius 3 is 2.71 bits per heavy atom. The summed E-state index contributed by atoms with van der Waals surface area (Å²) >= 11 is 0. The van der Waals surface area contributed by atoms with E-state index in [-0.39, 0.29) is 5.92 Å². The van der Waals surface area contributed by atoms with Crippen molar-refractivity contribution in [3.63, 3.8) is 0 Å². The number of aliphatic hydroxyl groups excluding tert-OH is 1. The van der Waals surface area contributed by atoms with Crippen LogP contribution in [0.25, 0.3) is 0 Å².